The molecule has 3 aromatic carbocycles. The predicted molar refractivity (Wildman–Crippen MR) is 126 cm³/mol. The number of para-hydroxylation sites is 1. The van der Waals surface area contributed by atoms with Crippen LogP contribution in [0.5, 0.6) is 5.75 Å². The Hall–Kier alpha value is -3.81. The van der Waals surface area contributed by atoms with Crippen LogP contribution in [0.1, 0.15) is 34.3 Å². The van der Waals surface area contributed by atoms with Crippen molar-refractivity contribution in [1.82, 2.24) is 10.2 Å². The van der Waals surface area contributed by atoms with Gasteiger partial charge in [-0.05, 0) is 54.3 Å². The molecule has 0 unspecified atom stereocenters. The number of hydrogen-bond donors (Lipinski definition) is 1. The van der Waals surface area contributed by atoms with Gasteiger partial charge in [-0.15, -0.1) is 0 Å². The number of carbonyl (C=O) groups is 2. The number of ether oxygens (including phenoxy) is 1. The molecule has 1 aliphatic rings. The average molecular weight is 483 g/mol. The van der Waals surface area contributed by atoms with E-state index in [1.165, 1.54) is 17.0 Å². The first-order chi connectivity index (χ1) is 16.8. The van der Waals surface area contributed by atoms with Gasteiger partial charge in [-0.3, -0.25) is 9.59 Å². The van der Waals surface area contributed by atoms with E-state index in [0.29, 0.717) is 36.3 Å². The number of hydrogen-bond acceptors (Lipinski definition) is 3. The van der Waals surface area contributed by atoms with Crippen molar-refractivity contribution in [3.05, 3.63) is 89.5 Å². The van der Waals surface area contributed by atoms with Gasteiger partial charge in [0.25, 0.3) is 5.91 Å². The van der Waals surface area contributed by atoms with Gasteiger partial charge in [-0.1, -0.05) is 42.5 Å². The van der Waals surface area contributed by atoms with Crippen molar-refractivity contribution in [1.29, 1.82) is 0 Å². The monoisotopic (exact) mass is 482 g/mol. The Morgan fingerprint density at radius 1 is 1.03 bits per heavy atom. The zero-order valence-electron chi connectivity index (χ0n) is 19.1. The van der Waals surface area contributed by atoms with Crippen molar-refractivity contribution in [3.8, 4) is 16.9 Å². The van der Waals surface area contributed by atoms with Crippen molar-refractivity contribution in [2.75, 3.05) is 13.7 Å². The zero-order valence-corrected chi connectivity index (χ0v) is 19.1. The Bertz CT molecular complexity index is 1230. The Kier molecular flexibility index (Phi) is 7.10. The fraction of sp³-hybridized carbons (Fsp3) is 0.259. The highest BCUT2D eigenvalue weighted by molar-refractivity contribution is 5.99. The third-order valence-electron chi connectivity index (χ3n) is 6.06. The number of carbonyl (C=O) groups excluding carboxylic acids is 2. The molecular formula is C27H25F3N2O3. The zero-order chi connectivity index (χ0) is 25.0. The molecule has 1 heterocycles. The van der Waals surface area contributed by atoms with E-state index in [9.17, 15) is 22.8 Å². The van der Waals surface area contributed by atoms with Crippen LogP contribution in [0.25, 0.3) is 11.1 Å². The smallest absolute Gasteiger partial charge is 0.416 e. The van der Waals surface area contributed by atoms with Crippen LogP contribution >= 0.6 is 0 Å². The summed E-state index contributed by atoms with van der Waals surface area (Å²) in [4.78, 5) is 27.7. The molecule has 8 heteroatoms. The minimum Gasteiger partial charge on any atom is -0.496 e. The molecular weight excluding hydrogens is 457 g/mol. The van der Waals surface area contributed by atoms with Gasteiger partial charge in [0.05, 0.1) is 12.7 Å². The molecule has 0 saturated carbocycles. The Morgan fingerprint density at radius 2 is 1.80 bits per heavy atom. The first-order valence-electron chi connectivity index (χ1n) is 11.3. The van der Waals surface area contributed by atoms with Crippen molar-refractivity contribution >= 4 is 11.8 Å². The average Bonchev–Trinajstić information content (AvgIpc) is 3.36. The maximum atomic E-state index is 13.3. The van der Waals surface area contributed by atoms with Crippen LogP contribution in [0.2, 0.25) is 0 Å². The molecule has 182 valence electrons. The van der Waals surface area contributed by atoms with Gasteiger partial charge in [0.1, 0.15) is 11.8 Å². The number of alkyl halides is 3. The Balaban J connectivity index is 1.47. The van der Waals surface area contributed by atoms with Crippen LogP contribution in [0.3, 0.4) is 0 Å². The summed E-state index contributed by atoms with van der Waals surface area (Å²) in [5.74, 6) is 0.0396. The van der Waals surface area contributed by atoms with E-state index in [1.54, 1.807) is 25.3 Å². The van der Waals surface area contributed by atoms with E-state index in [4.69, 9.17) is 4.74 Å². The van der Waals surface area contributed by atoms with E-state index in [1.807, 2.05) is 30.3 Å². The lowest BCUT2D eigenvalue weighted by Gasteiger charge is -2.24. The number of methoxy groups -OCH3 is 1. The van der Waals surface area contributed by atoms with E-state index in [0.717, 1.165) is 23.3 Å². The predicted octanol–water partition coefficient (Wildman–Crippen LogP) is 5.30. The second kappa shape index (κ2) is 10.2. The number of amides is 2. The van der Waals surface area contributed by atoms with E-state index in [-0.39, 0.29) is 18.4 Å². The van der Waals surface area contributed by atoms with Crippen LogP contribution < -0.4 is 10.1 Å². The van der Waals surface area contributed by atoms with Crippen LogP contribution in [0, 0.1) is 0 Å². The van der Waals surface area contributed by atoms with Crippen LogP contribution in [0.4, 0.5) is 13.2 Å². The summed E-state index contributed by atoms with van der Waals surface area (Å²) in [5, 5.41) is 2.69. The van der Waals surface area contributed by atoms with Gasteiger partial charge >= 0.3 is 6.18 Å². The van der Waals surface area contributed by atoms with E-state index in [2.05, 4.69) is 5.32 Å². The molecule has 1 aliphatic heterocycles. The number of likely N-dealkylation sites (tertiary alicyclic amines) is 1. The third-order valence-corrected chi connectivity index (χ3v) is 6.06. The molecule has 1 fully saturated rings. The van der Waals surface area contributed by atoms with Gasteiger partial charge in [0.15, 0.2) is 0 Å². The second-order valence-corrected chi connectivity index (χ2v) is 8.35. The van der Waals surface area contributed by atoms with Crippen LogP contribution in [-0.2, 0) is 17.5 Å². The van der Waals surface area contributed by atoms with Gasteiger partial charge < -0.3 is 15.0 Å². The van der Waals surface area contributed by atoms with Crippen molar-refractivity contribution in [2.45, 2.75) is 31.6 Å². The quantitative estimate of drug-likeness (QED) is 0.519. The molecule has 4 rings (SSSR count). The van der Waals surface area contributed by atoms with Crippen molar-refractivity contribution in [2.24, 2.45) is 0 Å². The van der Waals surface area contributed by atoms with Gasteiger partial charge in [0, 0.05) is 24.2 Å². The minimum absolute atomic E-state index is 0.0510. The summed E-state index contributed by atoms with van der Waals surface area (Å²) in [6.45, 7) is 0.379. The molecule has 1 saturated heterocycles. The number of benzene rings is 3. The molecule has 0 bridgehead atoms. The molecule has 5 nitrogen and oxygen atoms in total. The maximum absolute atomic E-state index is 13.3. The standard InChI is InChI=1S/C27H25F3N2O3/c1-35-24-13-3-2-11-22(24)19-8-5-9-20(16-19)26(34)32-14-6-12-23(32)25(33)31-17-18-7-4-10-21(15-18)27(28,29)30/h2-5,7-11,13,15-16,23H,6,12,14,17H2,1H3,(H,31,33)/t23-/m0/s1. The Labute approximate surface area is 201 Å². The maximum Gasteiger partial charge on any atom is 0.416 e. The number of rotatable bonds is 6. The van der Waals surface area contributed by atoms with Gasteiger partial charge in [0.2, 0.25) is 5.91 Å². The number of halogens is 3. The molecule has 0 radical (unpaired) electrons. The molecule has 0 spiro atoms. The van der Waals surface area contributed by atoms with Crippen LogP contribution in [0.15, 0.2) is 72.8 Å². The number of nitrogens with one attached hydrogen (secondary N) is 1. The SMILES string of the molecule is COc1ccccc1-c1cccc(C(=O)N2CCC[C@H]2C(=O)NCc2cccc(C(F)(F)F)c2)c1. The summed E-state index contributed by atoms with van der Waals surface area (Å²) < 4.78 is 44.3. The topological polar surface area (TPSA) is 58.6 Å². The molecule has 1 atom stereocenters. The lowest BCUT2D eigenvalue weighted by Crippen LogP contribution is -2.45. The van der Waals surface area contributed by atoms with Gasteiger partial charge in [-0.2, -0.15) is 13.2 Å². The summed E-state index contributed by atoms with van der Waals surface area (Å²) in [7, 11) is 1.58. The first kappa shape index (κ1) is 24.3. The van der Waals surface area contributed by atoms with Gasteiger partial charge in [-0.25, -0.2) is 0 Å². The highest BCUT2D eigenvalue weighted by Gasteiger charge is 2.35. The summed E-state index contributed by atoms with van der Waals surface area (Å²) in [6.07, 6.45) is -3.29. The molecule has 3 aromatic rings. The van der Waals surface area contributed by atoms with Crippen molar-refractivity contribution in [3.63, 3.8) is 0 Å². The normalized spacial score (nSPS) is 15.7. The highest BCUT2D eigenvalue weighted by Crippen LogP contribution is 2.31. The lowest BCUT2D eigenvalue weighted by molar-refractivity contribution is -0.137. The largest absolute Gasteiger partial charge is 0.496 e. The van der Waals surface area contributed by atoms with E-state index < -0.39 is 17.8 Å². The van der Waals surface area contributed by atoms with E-state index >= 15 is 0 Å². The summed E-state index contributed by atoms with van der Waals surface area (Å²) >= 11 is 0. The molecule has 0 aliphatic carbocycles. The molecule has 0 aromatic heterocycles. The fourth-order valence-corrected chi connectivity index (χ4v) is 4.32. The molecule has 35 heavy (non-hydrogen) atoms. The molecule has 2 amide bonds. The summed E-state index contributed by atoms with van der Waals surface area (Å²) in [6, 6.07) is 18.8. The first-order valence-corrected chi connectivity index (χ1v) is 11.3. The highest BCUT2D eigenvalue weighted by atomic mass is 19.4. The number of nitrogens with zero attached hydrogens (tertiary/aromatic N) is 1. The second-order valence-electron chi connectivity index (χ2n) is 8.35. The summed E-state index contributed by atoms with van der Waals surface area (Å²) in [5.41, 5.74) is 1.69. The third kappa shape index (κ3) is 5.48. The van der Waals surface area contributed by atoms with Crippen molar-refractivity contribution < 1.29 is 27.5 Å². The fourth-order valence-electron chi connectivity index (χ4n) is 4.32. The van der Waals surface area contributed by atoms with Crippen LogP contribution in [-0.4, -0.2) is 36.4 Å². The Morgan fingerprint density at radius 3 is 2.57 bits per heavy atom. The minimum atomic E-state index is -4.45. The molecule has 1 N–H and O–H groups in total. The lowest BCUT2D eigenvalue weighted by atomic mass is 10.0.